The van der Waals surface area contributed by atoms with E-state index in [-0.39, 0.29) is 5.56 Å². The Bertz CT molecular complexity index is 644. The van der Waals surface area contributed by atoms with Crippen LogP contribution in [0.3, 0.4) is 0 Å². The van der Waals surface area contributed by atoms with E-state index in [2.05, 4.69) is 5.10 Å². The highest BCUT2D eigenvalue weighted by Crippen LogP contribution is 2.35. The maximum atomic E-state index is 13.3. The van der Waals surface area contributed by atoms with Crippen LogP contribution in [0.2, 0.25) is 0 Å². The number of benzene rings is 1. The molecule has 0 atom stereocenters. The smallest absolute Gasteiger partial charge is 0.384 e. The standard InChI is InChI=1S/C13H13F4N3/c1-3-8-11(19-20(2)12(8)18)7-4-5-10(14)9(6-7)13(15,16)17/h4-6H,3,18H2,1-2H3. The largest absolute Gasteiger partial charge is 0.419 e. The molecule has 108 valence electrons. The van der Waals surface area contributed by atoms with Crippen LogP contribution in [0.4, 0.5) is 23.4 Å². The molecule has 0 aliphatic carbocycles. The minimum absolute atomic E-state index is 0.197. The van der Waals surface area contributed by atoms with Crippen LogP contribution in [0.5, 0.6) is 0 Å². The molecule has 0 saturated heterocycles. The van der Waals surface area contributed by atoms with Gasteiger partial charge >= 0.3 is 6.18 Å². The van der Waals surface area contributed by atoms with E-state index < -0.39 is 17.6 Å². The highest BCUT2D eigenvalue weighted by molar-refractivity contribution is 5.69. The van der Waals surface area contributed by atoms with E-state index in [1.165, 1.54) is 10.7 Å². The van der Waals surface area contributed by atoms with E-state index in [4.69, 9.17) is 5.73 Å². The third kappa shape index (κ3) is 2.35. The van der Waals surface area contributed by atoms with E-state index in [0.29, 0.717) is 23.5 Å². The number of aromatic nitrogens is 2. The quantitative estimate of drug-likeness (QED) is 0.860. The maximum absolute atomic E-state index is 13.3. The van der Waals surface area contributed by atoms with Crippen molar-refractivity contribution >= 4 is 5.82 Å². The summed E-state index contributed by atoms with van der Waals surface area (Å²) in [4.78, 5) is 0. The second-order valence-electron chi connectivity index (χ2n) is 4.38. The molecule has 0 bridgehead atoms. The lowest BCUT2D eigenvalue weighted by Gasteiger charge is -2.09. The summed E-state index contributed by atoms with van der Waals surface area (Å²) in [6.07, 6.45) is -4.22. The summed E-state index contributed by atoms with van der Waals surface area (Å²) in [7, 11) is 1.60. The number of nitrogens with two attached hydrogens (primary N) is 1. The Morgan fingerprint density at radius 2 is 1.95 bits per heavy atom. The third-order valence-corrected chi connectivity index (χ3v) is 3.09. The van der Waals surface area contributed by atoms with E-state index in [1.54, 1.807) is 7.05 Å². The minimum atomic E-state index is -4.74. The number of nitrogens with zero attached hydrogens (tertiary/aromatic N) is 2. The van der Waals surface area contributed by atoms with Crippen molar-refractivity contribution in [2.75, 3.05) is 5.73 Å². The Balaban J connectivity index is 2.63. The molecule has 1 heterocycles. The number of anilines is 1. The summed E-state index contributed by atoms with van der Waals surface area (Å²) in [6, 6.07) is 2.82. The molecule has 0 fully saturated rings. The molecule has 20 heavy (non-hydrogen) atoms. The van der Waals surface area contributed by atoms with Gasteiger partial charge in [-0.25, -0.2) is 4.39 Å². The lowest BCUT2D eigenvalue weighted by atomic mass is 10.0. The Morgan fingerprint density at radius 3 is 2.50 bits per heavy atom. The average Bonchev–Trinajstić information content (AvgIpc) is 2.64. The topological polar surface area (TPSA) is 43.8 Å². The van der Waals surface area contributed by atoms with Crippen LogP contribution in [0.15, 0.2) is 18.2 Å². The first-order valence-corrected chi connectivity index (χ1v) is 5.94. The zero-order valence-electron chi connectivity index (χ0n) is 10.9. The van der Waals surface area contributed by atoms with Crippen LogP contribution in [-0.4, -0.2) is 9.78 Å². The second-order valence-corrected chi connectivity index (χ2v) is 4.38. The molecule has 2 rings (SSSR count). The van der Waals surface area contributed by atoms with Crippen molar-refractivity contribution in [2.45, 2.75) is 19.5 Å². The molecule has 1 aromatic carbocycles. The van der Waals surface area contributed by atoms with Gasteiger partial charge in [0.05, 0.1) is 11.3 Å². The zero-order valence-corrected chi connectivity index (χ0v) is 10.9. The second kappa shape index (κ2) is 4.81. The van der Waals surface area contributed by atoms with Crippen molar-refractivity contribution in [1.29, 1.82) is 0 Å². The van der Waals surface area contributed by atoms with Gasteiger partial charge in [0.2, 0.25) is 0 Å². The average molecular weight is 287 g/mol. The molecule has 0 aliphatic rings. The number of halogens is 4. The van der Waals surface area contributed by atoms with Crippen molar-refractivity contribution < 1.29 is 17.6 Å². The van der Waals surface area contributed by atoms with Gasteiger partial charge in [-0.1, -0.05) is 6.92 Å². The van der Waals surface area contributed by atoms with Gasteiger partial charge in [-0.15, -0.1) is 0 Å². The van der Waals surface area contributed by atoms with Gasteiger partial charge in [0.15, 0.2) is 0 Å². The van der Waals surface area contributed by atoms with Gasteiger partial charge in [-0.2, -0.15) is 18.3 Å². The zero-order chi connectivity index (χ0) is 15.1. The fourth-order valence-corrected chi connectivity index (χ4v) is 2.05. The van der Waals surface area contributed by atoms with Crippen LogP contribution >= 0.6 is 0 Å². The van der Waals surface area contributed by atoms with Crippen molar-refractivity contribution in [3.8, 4) is 11.3 Å². The molecule has 3 nitrogen and oxygen atoms in total. The monoisotopic (exact) mass is 287 g/mol. The fourth-order valence-electron chi connectivity index (χ4n) is 2.05. The van der Waals surface area contributed by atoms with Gasteiger partial charge in [-0.05, 0) is 24.6 Å². The number of alkyl halides is 3. The van der Waals surface area contributed by atoms with Crippen LogP contribution < -0.4 is 5.73 Å². The van der Waals surface area contributed by atoms with Crippen molar-refractivity contribution in [3.63, 3.8) is 0 Å². The van der Waals surface area contributed by atoms with Crippen LogP contribution in [0, 0.1) is 5.82 Å². The van der Waals surface area contributed by atoms with E-state index >= 15 is 0 Å². The van der Waals surface area contributed by atoms with Crippen molar-refractivity contribution in [1.82, 2.24) is 9.78 Å². The van der Waals surface area contributed by atoms with Crippen molar-refractivity contribution in [2.24, 2.45) is 7.05 Å². The summed E-state index contributed by atoms with van der Waals surface area (Å²) < 4.78 is 52.8. The van der Waals surface area contributed by atoms with E-state index in [9.17, 15) is 17.6 Å². The maximum Gasteiger partial charge on any atom is 0.419 e. The number of hydrogen-bond donors (Lipinski definition) is 1. The molecule has 0 aliphatic heterocycles. The Kier molecular flexibility index (Phi) is 3.45. The number of hydrogen-bond acceptors (Lipinski definition) is 2. The predicted octanol–water partition coefficient (Wildman–Crippen LogP) is 3.39. The van der Waals surface area contributed by atoms with Crippen LogP contribution in [-0.2, 0) is 19.6 Å². The lowest BCUT2D eigenvalue weighted by Crippen LogP contribution is -2.08. The fraction of sp³-hybridized carbons (Fsp3) is 0.308. The van der Waals surface area contributed by atoms with Gasteiger partial charge in [-0.3, -0.25) is 4.68 Å². The first-order chi connectivity index (χ1) is 9.25. The molecule has 0 unspecified atom stereocenters. The molecular weight excluding hydrogens is 274 g/mol. The lowest BCUT2D eigenvalue weighted by molar-refractivity contribution is -0.139. The highest BCUT2D eigenvalue weighted by atomic mass is 19.4. The summed E-state index contributed by atoms with van der Waals surface area (Å²) in [5.41, 5.74) is 5.69. The predicted molar refractivity (Wildman–Crippen MR) is 67.4 cm³/mol. The summed E-state index contributed by atoms with van der Waals surface area (Å²) in [5, 5.41) is 4.11. The Hall–Kier alpha value is -2.05. The normalized spacial score (nSPS) is 11.9. The van der Waals surface area contributed by atoms with Gasteiger partial charge in [0.1, 0.15) is 11.6 Å². The molecule has 1 aromatic heterocycles. The molecule has 2 aromatic rings. The molecule has 0 spiro atoms. The molecule has 2 N–H and O–H groups in total. The molecule has 0 radical (unpaired) electrons. The molecule has 7 heteroatoms. The van der Waals surface area contributed by atoms with Gasteiger partial charge in [0.25, 0.3) is 0 Å². The first kappa shape index (κ1) is 14.4. The molecular formula is C13H13F4N3. The van der Waals surface area contributed by atoms with Crippen LogP contribution in [0.25, 0.3) is 11.3 Å². The van der Waals surface area contributed by atoms with Gasteiger partial charge < -0.3 is 5.73 Å². The molecule has 0 amide bonds. The Labute approximate surface area is 113 Å². The van der Waals surface area contributed by atoms with Crippen LogP contribution in [0.1, 0.15) is 18.1 Å². The molecule has 0 saturated carbocycles. The number of rotatable bonds is 2. The van der Waals surface area contributed by atoms with E-state index in [0.717, 1.165) is 12.1 Å². The van der Waals surface area contributed by atoms with E-state index in [1.807, 2.05) is 6.92 Å². The number of nitrogen functional groups attached to an aromatic ring is 1. The first-order valence-electron chi connectivity index (χ1n) is 5.94. The summed E-state index contributed by atoms with van der Waals surface area (Å²) >= 11 is 0. The summed E-state index contributed by atoms with van der Waals surface area (Å²) in [5.74, 6) is -0.913. The number of aryl methyl sites for hydroxylation is 1. The van der Waals surface area contributed by atoms with Gasteiger partial charge in [0, 0.05) is 18.2 Å². The third-order valence-electron chi connectivity index (χ3n) is 3.09. The summed E-state index contributed by atoms with van der Waals surface area (Å²) in [6.45, 7) is 1.82. The minimum Gasteiger partial charge on any atom is -0.384 e. The SMILES string of the molecule is CCc1c(-c2ccc(F)c(C(F)(F)F)c2)nn(C)c1N. The Morgan fingerprint density at radius 1 is 1.30 bits per heavy atom. The van der Waals surface area contributed by atoms with Crippen molar-refractivity contribution in [3.05, 3.63) is 35.1 Å². The highest BCUT2D eigenvalue weighted by Gasteiger charge is 2.34.